The minimum absolute atomic E-state index is 0.766. The van der Waals surface area contributed by atoms with E-state index in [9.17, 15) is 0 Å². The quantitative estimate of drug-likeness (QED) is 0.476. The van der Waals surface area contributed by atoms with Gasteiger partial charge in [0.1, 0.15) is 0 Å². The van der Waals surface area contributed by atoms with Crippen LogP contribution in [-0.4, -0.2) is 73.5 Å². The number of piperazine rings is 1. The second kappa shape index (κ2) is 11.6. The first kappa shape index (κ1) is 24.4. The summed E-state index contributed by atoms with van der Waals surface area (Å²) < 4.78 is 5.62. The molecule has 3 aliphatic rings. The maximum Gasteiger partial charge on any atom is 0.0642 e. The van der Waals surface area contributed by atoms with Gasteiger partial charge in [0.05, 0.1) is 19.4 Å². The van der Waals surface area contributed by atoms with Crippen molar-refractivity contribution in [2.45, 2.75) is 19.4 Å². The van der Waals surface area contributed by atoms with Crippen molar-refractivity contribution in [3.8, 4) is 0 Å². The summed E-state index contributed by atoms with van der Waals surface area (Å²) in [5, 5.41) is 8.73. The molecule has 7 heteroatoms. The zero-order valence-electron chi connectivity index (χ0n) is 20.0. The highest BCUT2D eigenvalue weighted by atomic mass is 35.5. The maximum atomic E-state index is 6.35. The molecule has 0 spiro atoms. The fraction of sp³-hybridized carbons (Fsp3) is 0.393. The zero-order valence-corrected chi connectivity index (χ0v) is 21.5. The normalized spacial score (nSPS) is 21.0. The van der Waals surface area contributed by atoms with E-state index in [1.807, 2.05) is 24.3 Å². The van der Waals surface area contributed by atoms with Gasteiger partial charge < -0.3 is 9.64 Å². The predicted molar refractivity (Wildman–Crippen MR) is 145 cm³/mol. The lowest BCUT2D eigenvalue weighted by Gasteiger charge is -2.33. The standard InChI is InChI=1S/C28H32Cl2N4O/c29-26-9-5-22(6-10-26)19-23-7-8-24(28(23)33-15-17-35-18-16-33)20-31-34-13-11-32(12-14-34)21-25-3-1-2-4-27(25)30/h1-6,9-10,19-20H,7-8,11-18,21H2. The molecule has 0 radical (unpaired) electrons. The summed E-state index contributed by atoms with van der Waals surface area (Å²) in [6.07, 6.45) is 6.46. The molecule has 2 aliphatic heterocycles. The Labute approximate surface area is 218 Å². The molecule has 0 unspecified atom stereocenters. The fourth-order valence-electron chi connectivity index (χ4n) is 4.96. The largest absolute Gasteiger partial charge is 0.378 e. The SMILES string of the molecule is Clc1ccc(C=C2CCC(C=NN3CCN(Cc4ccccc4Cl)CC3)=C2N2CCOCC2)cc1. The summed E-state index contributed by atoms with van der Waals surface area (Å²) in [6.45, 7) is 8.10. The average molecular weight is 511 g/mol. The van der Waals surface area contributed by atoms with Gasteiger partial charge in [-0.05, 0) is 59.4 Å². The molecule has 1 aliphatic carbocycles. The van der Waals surface area contributed by atoms with Gasteiger partial charge in [0.25, 0.3) is 0 Å². The van der Waals surface area contributed by atoms with Crippen LogP contribution in [0.25, 0.3) is 6.08 Å². The number of morpholine rings is 1. The number of halogens is 2. The predicted octanol–water partition coefficient (Wildman–Crippen LogP) is 5.56. The third-order valence-electron chi connectivity index (χ3n) is 6.89. The van der Waals surface area contributed by atoms with E-state index in [4.69, 9.17) is 33.0 Å². The van der Waals surface area contributed by atoms with Crippen LogP contribution in [0.2, 0.25) is 10.0 Å². The monoisotopic (exact) mass is 510 g/mol. The Kier molecular flexibility index (Phi) is 8.09. The molecule has 2 heterocycles. The molecule has 0 aromatic heterocycles. The number of hydrazone groups is 1. The smallest absolute Gasteiger partial charge is 0.0642 e. The molecule has 0 bridgehead atoms. The lowest BCUT2D eigenvalue weighted by molar-refractivity contribution is 0.0548. The fourth-order valence-corrected chi connectivity index (χ4v) is 5.28. The molecule has 2 aromatic rings. The van der Waals surface area contributed by atoms with E-state index < -0.39 is 0 Å². The van der Waals surface area contributed by atoms with Crippen LogP contribution in [0.3, 0.4) is 0 Å². The molecule has 0 atom stereocenters. The molecule has 2 aromatic carbocycles. The molecule has 5 rings (SSSR count). The Morgan fingerprint density at radius 1 is 0.857 bits per heavy atom. The minimum Gasteiger partial charge on any atom is -0.378 e. The van der Waals surface area contributed by atoms with Crippen molar-refractivity contribution in [1.29, 1.82) is 0 Å². The summed E-state index contributed by atoms with van der Waals surface area (Å²) in [6, 6.07) is 16.2. The van der Waals surface area contributed by atoms with Crippen molar-refractivity contribution < 1.29 is 4.74 Å². The molecule has 5 nitrogen and oxygen atoms in total. The lowest BCUT2D eigenvalue weighted by atomic mass is 10.1. The molecular weight excluding hydrogens is 479 g/mol. The Morgan fingerprint density at radius 2 is 1.60 bits per heavy atom. The highest BCUT2D eigenvalue weighted by Crippen LogP contribution is 2.35. The van der Waals surface area contributed by atoms with Crippen LogP contribution in [0.4, 0.5) is 0 Å². The topological polar surface area (TPSA) is 31.3 Å². The second-order valence-electron chi connectivity index (χ2n) is 9.26. The number of ether oxygens (including phenoxy) is 1. The van der Waals surface area contributed by atoms with Crippen molar-refractivity contribution in [3.05, 3.63) is 86.5 Å². The van der Waals surface area contributed by atoms with Gasteiger partial charge >= 0.3 is 0 Å². The van der Waals surface area contributed by atoms with E-state index in [0.29, 0.717) is 0 Å². The van der Waals surface area contributed by atoms with Gasteiger partial charge in [-0.1, -0.05) is 53.5 Å². The van der Waals surface area contributed by atoms with Gasteiger partial charge in [-0.25, -0.2) is 0 Å². The van der Waals surface area contributed by atoms with E-state index in [0.717, 1.165) is 81.9 Å². The van der Waals surface area contributed by atoms with E-state index in [2.05, 4.69) is 51.4 Å². The molecule has 35 heavy (non-hydrogen) atoms. The van der Waals surface area contributed by atoms with Crippen molar-refractivity contribution in [3.63, 3.8) is 0 Å². The Bertz CT molecular complexity index is 1100. The van der Waals surface area contributed by atoms with Crippen molar-refractivity contribution in [1.82, 2.24) is 14.8 Å². The van der Waals surface area contributed by atoms with Crippen LogP contribution in [-0.2, 0) is 11.3 Å². The first-order chi connectivity index (χ1) is 17.2. The molecule has 184 valence electrons. The number of hydrogen-bond acceptors (Lipinski definition) is 5. The van der Waals surface area contributed by atoms with Crippen LogP contribution in [0, 0.1) is 0 Å². The van der Waals surface area contributed by atoms with Crippen molar-refractivity contribution >= 4 is 35.5 Å². The molecular formula is C28H32Cl2N4O. The van der Waals surface area contributed by atoms with Gasteiger partial charge in [-0.2, -0.15) is 5.10 Å². The Balaban J connectivity index is 1.27. The van der Waals surface area contributed by atoms with Gasteiger partial charge in [0, 0.05) is 61.6 Å². The number of allylic oxidation sites excluding steroid dienone is 2. The van der Waals surface area contributed by atoms with Crippen LogP contribution in [0.15, 0.2) is 70.5 Å². The van der Waals surface area contributed by atoms with Gasteiger partial charge in [-0.15, -0.1) is 0 Å². The third-order valence-corrected chi connectivity index (χ3v) is 7.51. The molecule has 0 N–H and O–H groups in total. The van der Waals surface area contributed by atoms with E-state index >= 15 is 0 Å². The minimum atomic E-state index is 0.766. The van der Waals surface area contributed by atoms with Crippen molar-refractivity contribution in [2.24, 2.45) is 5.10 Å². The van der Waals surface area contributed by atoms with Gasteiger partial charge in [0.2, 0.25) is 0 Å². The summed E-state index contributed by atoms with van der Waals surface area (Å²) in [5.74, 6) is 0. The van der Waals surface area contributed by atoms with Gasteiger partial charge in [0.15, 0.2) is 0 Å². The van der Waals surface area contributed by atoms with Gasteiger partial charge in [-0.3, -0.25) is 9.91 Å². The van der Waals surface area contributed by atoms with Crippen LogP contribution < -0.4 is 0 Å². The number of rotatable bonds is 6. The van der Waals surface area contributed by atoms with E-state index in [1.54, 1.807) is 0 Å². The number of nitrogens with zero attached hydrogens (tertiary/aromatic N) is 4. The molecule has 0 amide bonds. The lowest BCUT2D eigenvalue weighted by Crippen LogP contribution is -2.43. The molecule has 0 saturated carbocycles. The Hall–Kier alpha value is -2.31. The van der Waals surface area contributed by atoms with E-state index in [-0.39, 0.29) is 0 Å². The molecule has 2 saturated heterocycles. The first-order valence-corrected chi connectivity index (χ1v) is 13.2. The number of hydrogen-bond donors (Lipinski definition) is 0. The van der Waals surface area contributed by atoms with Crippen LogP contribution >= 0.6 is 23.2 Å². The maximum absolute atomic E-state index is 6.35. The van der Waals surface area contributed by atoms with Crippen LogP contribution in [0.1, 0.15) is 24.0 Å². The number of benzene rings is 2. The summed E-state index contributed by atoms with van der Waals surface area (Å²) in [5.41, 5.74) is 6.41. The summed E-state index contributed by atoms with van der Waals surface area (Å²) >= 11 is 12.4. The second-order valence-corrected chi connectivity index (χ2v) is 10.1. The summed E-state index contributed by atoms with van der Waals surface area (Å²) in [4.78, 5) is 4.93. The Morgan fingerprint density at radius 3 is 2.34 bits per heavy atom. The van der Waals surface area contributed by atoms with E-state index in [1.165, 1.54) is 28.0 Å². The highest BCUT2D eigenvalue weighted by Gasteiger charge is 2.26. The molecule has 2 fully saturated rings. The van der Waals surface area contributed by atoms with Crippen LogP contribution in [0.5, 0.6) is 0 Å². The van der Waals surface area contributed by atoms with Crippen molar-refractivity contribution in [2.75, 3.05) is 52.5 Å². The third kappa shape index (κ3) is 6.28. The zero-order chi connectivity index (χ0) is 24.0. The average Bonchev–Trinajstić information content (AvgIpc) is 3.29. The summed E-state index contributed by atoms with van der Waals surface area (Å²) in [7, 11) is 0. The first-order valence-electron chi connectivity index (χ1n) is 12.4. The highest BCUT2D eigenvalue weighted by molar-refractivity contribution is 6.31.